The quantitative estimate of drug-likeness (QED) is 0.892. The number of phenols is 1. The van der Waals surface area contributed by atoms with E-state index in [0.717, 1.165) is 42.6 Å². The lowest BCUT2D eigenvalue weighted by molar-refractivity contribution is 0.151. The highest BCUT2D eigenvalue weighted by atomic mass is 79.9. The molecule has 1 heterocycles. The van der Waals surface area contributed by atoms with Crippen molar-refractivity contribution in [3.63, 3.8) is 0 Å². The average Bonchev–Trinajstić information content (AvgIpc) is 2.40. The maximum atomic E-state index is 10.3. The average molecular weight is 327 g/mol. The zero-order chi connectivity index (χ0) is 13.8. The summed E-state index contributed by atoms with van der Waals surface area (Å²) < 4.78 is 0.786. The Bertz CT molecular complexity index is 417. The smallest absolute Gasteiger partial charge is 0.134 e. The number of para-hydroxylation sites is 1. The van der Waals surface area contributed by atoms with Crippen molar-refractivity contribution in [2.45, 2.75) is 26.3 Å². The van der Waals surface area contributed by atoms with Crippen LogP contribution in [-0.4, -0.2) is 36.2 Å². The van der Waals surface area contributed by atoms with Gasteiger partial charge in [0, 0.05) is 37.8 Å². The summed E-state index contributed by atoms with van der Waals surface area (Å²) in [5.74, 6) is 1.00. The van der Waals surface area contributed by atoms with Gasteiger partial charge in [-0.2, -0.15) is 0 Å². The van der Waals surface area contributed by atoms with Gasteiger partial charge in [0.15, 0.2) is 0 Å². The number of nitrogens with zero attached hydrogens (tertiary/aromatic N) is 1. The number of aromatic hydroxyl groups is 1. The third-order valence-electron chi connectivity index (χ3n) is 3.66. The van der Waals surface area contributed by atoms with Gasteiger partial charge in [-0.3, -0.25) is 4.90 Å². The van der Waals surface area contributed by atoms with Crippen LogP contribution in [0.2, 0.25) is 0 Å². The molecule has 0 amide bonds. The van der Waals surface area contributed by atoms with Crippen LogP contribution >= 0.6 is 15.9 Å². The van der Waals surface area contributed by atoms with Crippen LogP contribution in [0.15, 0.2) is 22.7 Å². The SMILES string of the molecule is CC(C)C[C@H](c1cccc(Br)c1O)N1CCNCC1. The summed E-state index contributed by atoms with van der Waals surface area (Å²) in [5.41, 5.74) is 1.05. The van der Waals surface area contributed by atoms with Crippen molar-refractivity contribution < 1.29 is 5.11 Å². The van der Waals surface area contributed by atoms with Gasteiger partial charge in [0.05, 0.1) is 4.47 Å². The highest BCUT2D eigenvalue weighted by molar-refractivity contribution is 9.10. The minimum Gasteiger partial charge on any atom is -0.506 e. The molecular formula is C15H23BrN2O. The third-order valence-corrected chi connectivity index (χ3v) is 4.30. The fourth-order valence-corrected chi connectivity index (χ4v) is 3.10. The zero-order valence-corrected chi connectivity index (χ0v) is 13.3. The summed E-state index contributed by atoms with van der Waals surface area (Å²) in [6.07, 6.45) is 1.07. The molecule has 0 aromatic heterocycles. The predicted octanol–water partition coefficient (Wildman–Crippen LogP) is 3.15. The van der Waals surface area contributed by atoms with Gasteiger partial charge in [-0.05, 0) is 34.3 Å². The molecule has 0 saturated carbocycles. The van der Waals surface area contributed by atoms with Crippen LogP contribution in [-0.2, 0) is 0 Å². The Labute approximate surface area is 124 Å². The maximum Gasteiger partial charge on any atom is 0.134 e. The second kappa shape index (κ2) is 6.73. The molecule has 1 saturated heterocycles. The summed E-state index contributed by atoms with van der Waals surface area (Å²) in [6, 6.07) is 6.26. The monoisotopic (exact) mass is 326 g/mol. The molecule has 1 aromatic carbocycles. The highest BCUT2D eigenvalue weighted by Gasteiger charge is 2.25. The molecule has 4 heteroatoms. The lowest BCUT2D eigenvalue weighted by Gasteiger charge is -2.36. The summed E-state index contributed by atoms with van der Waals surface area (Å²) >= 11 is 3.42. The Balaban J connectivity index is 2.27. The van der Waals surface area contributed by atoms with Gasteiger partial charge < -0.3 is 10.4 Å². The molecule has 0 unspecified atom stereocenters. The van der Waals surface area contributed by atoms with Crippen molar-refractivity contribution in [3.05, 3.63) is 28.2 Å². The van der Waals surface area contributed by atoms with E-state index in [0.29, 0.717) is 17.7 Å². The van der Waals surface area contributed by atoms with Crippen molar-refractivity contribution >= 4 is 15.9 Å². The van der Waals surface area contributed by atoms with E-state index >= 15 is 0 Å². The van der Waals surface area contributed by atoms with Crippen molar-refractivity contribution in [1.82, 2.24) is 10.2 Å². The Hall–Kier alpha value is -0.580. The molecule has 0 spiro atoms. The van der Waals surface area contributed by atoms with E-state index in [-0.39, 0.29) is 0 Å². The fourth-order valence-electron chi connectivity index (χ4n) is 2.71. The van der Waals surface area contributed by atoms with Gasteiger partial charge in [-0.15, -0.1) is 0 Å². The van der Waals surface area contributed by atoms with Gasteiger partial charge in [0.1, 0.15) is 5.75 Å². The Kier molecular flexibility index (Phi) is 5.25. The molecule has 2 rings (SSSR count). The molecule has 19 heavy (non-hydrogen) atoms. The van der Waals surface area contributed by atoms with Crippen LogP contribution < -0.4 is 5.32 Å². The summed E-state index contributed by atoms with van der Waals surface area (Å²) in [7, 11) is 0. The molecule has 1 aliphatic heterocycles. The van der Waals surface area contributed by atoms with Crippen LogP contribution in [0.1, 0.15) is 31.9 Å². The number of nitrogens with one attached hydrogen (secondary N) is 1. The van der Waals surface area contributed by atoms with Crippen molar-refractivity contribution in [2.75, 3.05) is 26.2 Å². The van der Waals surface area contributed by atoms with Gasteiger partial charge in [0.25, 0.3) is 0 Å². The first-order valence-electron chi connectivity index (χ1n) is 7.01. The number of phenolic OH excluding ortho intramolecular Hbond substituents is 1. The largest absolute Gasteiger partial charge is 0.506 e. The topological polar surface area (TPSA) is 35.5 Å². The lowest BCUT2D eigenvalue weighted by Crippen LogP contribution is -2.45. The summed E-state index contributed by atoms with van der Waals surface area (Å²) in [6.45, 7) is 8.63. The molecule has 1 atom stereocenters. The molecule has 0 aliphatic carbocycles. The predicted molar refractivity (Wildman–Crippen MR) is 82.4 cm³/mol. The van der Waals surface area contributed by atoms with Gasteiger partial charge >= 0.3 is 0 Å². The molecular weight excluding hydrogens is 304 g/mol. The maximum absolute atomic E-state index is 10.3. The molecule has 1 fully saturated rings. The zero-order valence-electron chi connectivity index (χ0n) is 11.7. The third kappa shape index (κ3) is 3.71. The number of piperazine rings is 1. The number of hydrogen-bond acceptors (Lipinski definition) is 3. The number of hydrogen-bond donors (Lipinski definition) is 2. The number of halogens is 1. The van der Waals surface area contributed by atoms with Crippen LogP contribution in [0.5, 0.6) is 5.75 Å². The lowest BCUT2D eigenvalue weighted by atomic mass is 9.94. The van der Waals surface area contributed by atoms with Gasteiger partial charge in [-0.25, -0.2) is 0 Å². The molecule has 0 radical (unpaired) electrons. The molecule has 1 aliphatic rings. The molecule has 3 nitrogen and oxygen atoms in total. The molecule has 0 bridgehead atoms. The van der Waals surface area contributed by atoms with Crippen molar-refractivity contribution in [3.8, 4) is 5.75 Å². The second-order valence-corrected chi connectivity index (χ2v) is 6.46. The standard InChI is InChI=1S/C15H23BrN2O/c1-11(2)10-14(18-8-6-17-7-9-18)12-4-3-5-13(16)15(12)19/h3-5,11,14,17,19H,6-10H2,1-2H3/t14-/m1/s1. The minimum atomic E-state index is 0.305. The highest BCUT2D eigenvalue weighted by Crippen LogP contribution is 2.37. The van der Waals surface area contributed by atoms with Crippen molar-refractivity contribution in [2.24, 2.45) is 5.92 Å². The van der Waals surface area contributed by atoms with E-state index in [1.54, 1.807) is 0 Å². The van der Waals surface area contributed by atoms with Crippen LogP contribution in [0.4, 0.5) is 0 Å². The Morgan fingerprint density at radius 3 is 2.63 bits per heavy atom. The van der Waals surface area contributed by atoms with Crippen LogP contribution in [0, 0.1) is 5.92 Å². The van der Waals surface area contributed by atoms with E-state index in [1.807, 2.05) is 12.1 Å². The van der Waals surface area contributed by atoms with E-state index in [9.17, 15) is 5.11 Å². The fraction of sp³-hybridized carbons (Fsp3) is 0.600. The van der Waals surface area contributed by atoms with Gasteiger partial charge in [-0.1, -0.05) is 26.0 Å². The van der Waals surface area contributed by atoms with Crippen LogP contribution in [0.25, 0.3) is 0 Å². The van der Waals surface area contributed by atoms with Gasteiger partial charge in [0.2, 0.25) is 0 Å². The van der Waals surface area contributed by atoms with E-state index in [2.05, 4.69) is 46.1 Å². The molecule has 106 valence electrons. The minimum absolute atomic E-state index is 0.305. The molecule has 1 aromatic rings. The second-order valence-electron chi connectivity index (χ2n) is 5.61. The number of rotatable bonds is 4. The van der Waals surface area contributed by atoms with E-state index < -0.39 is 0 Å². The first-order valence-corrected chi connectivity index (χ1v) is 7.81. The molecule has 2 N–H and O–H groups in total. The first-order chi connectivity index (χ1) is 9.09. The first kappa shape index (κ1) is 14.8. The Morgan fingerprint density at radius 1 is 1.32 bits per heavy atom. The van der Waals surface area contributed by atoms with E-state index in [1.165, 1.54) is 0 Å². The number of benzene rings is 1. The Morgan fingerprint density at radius 2 is 2.00 bits per heavy atom. The van der Waals surface area contributed by atoms with E-state index in [4.69, 9.17) is 0 Å². The summed E-state index contributed by atoms with van der Waals surface area (Å²) in [4.78, 5) is 2.48. The summed E-state index contributed by atoms with van der Waals surface area (Å²) in [5, 5.41) is 13.7. The van der Waals surface area contributed by atoms with Crippen LogP contribution in [0.3, 0.4) is 0 Å². The van der Waals surface area contributed by atoms with Crippen molar-refractivity contribution in [1.29, 1.82) is 0 Å². The normalized spacial score (nSPS) is 18.7.